The molecule has 0 aliphatic carbocycles. The highest BCUT2D eigenvalue weighted by Crippen LogP contribution is 2.41. The Morgan fingerprint density at radius 3 is 2.00 bits per heavy atom. The molecule has 166 valence electrons. The Hall–Kier alpha value is -3.78. The molecule has 0 aliphatic heterocycles. The molecular weight excluding hydrogens is 451 g/mol. The molecule has 33 heavy (non-hydrogen) atoms. The maximum absolute atomic E-state index is 13.0. The van der Waals surface area contributed by atoms with Gasteiger partial charge in [0.2, 0.25) is 0 Å². The number of benzene rings is 4. The van der Waals surface area contributed by atoms with Crippen molar-refractivity contribution in [2.75, 3.05) is 0 Å². The van der Waals surface area contributed by atoms with Gasteiger partial charge in [0.1, 0.15) is 5.75 Å². The lowest BCUT2D eigenvalue weighted by atomic mass is 10.0. The van der Waals surface area contributed by atoms with E-state index >= 15 is 0 Å². The van der Waals surface area contributed by atoms with Gasteiger partial charge in [-0.2, -0.15) is 21.6 Å². The molecule has 0 unspecified atom stereocenters. The number of hydrogen-bond acceptors (Lipinski definition) is 3. The lowest BCUT2D eigenvalue weighted by molar-refractivity contribution is -0.0500. The molecule has 0 saturated carbocycles. The van der Waals surface area contributed by atoms with Gasteiger partial charge in [0.15, 0.2) is 0 Å². The first-order valence-electron chi connectivity index (χ1n) is 9.95. The molecule has 0 spiro atoms. The van der Waals surface area contributed by atoms with E-state index in [1.807, 2.05) is 77.4 Å². The van der Waals surface area contributed by atoms with Gasteiger partial charge < -0.3 is 8.75 Å². The molecule has 4 aromatic carbocycles. The van der Waals surface area contributed by atoms with Gasteiger partial charge in [0.05, 0.1) is 11.0 Å². The average Bonchev–Trinajstić information content (AvgIpc) is 3.13. The van der Waals surface area contributed by atoms with Crippen LogP contribution in [0.4, 0.5) is 13.2 Å². The minimum absolute atomic E-state index is 0.408. The Morgan fingerprint density at radius 1 is 0.727 bits per heavy atom. The number of fused-ring (bicyclic) bond motifs is 3. The summed E-state index contributed by atoms with van der Waals surface area (Å²) >= 11 is 0. The second-order valence-electron chi connectivity index (χ2n) is 7.40. The molecule has 1 aromatic heterocycles. The molecule has 5 aromatic rings. The lowest BCUT2D eigenvalue weighted by Crippen LogP contribution is -2.28. The maximum Gasteiger partial charge on any atom is 0.534 e. The zero-order valence-corrected chi connectivity index (χ0v) is 17.8. The van der Waals surface area contributed by atoms with Crippen LogP contribution in [0.3, 0.4) is 0 Å². The van der Waals surface area contributed by atoms with Crippen molar-refractivity contribution < 1.29 is 25.8 Å². The molecule has 0 N–H and O–H groups in total. The second-order valence-corrected chi connectivity index (χ2v) is 8.94. The van der Waals surface area contributed by atoms with Crippen molar-refractivity contribution >= 4 is 31.9 Å². The van der Waals surface area contributed by atoms with Gasteiger partial charge in [-0.05, 0) is 35.9 Å². The highest BCUT2D eigenvalue weighted by molar-refractivity contribution is 7.88. The Morgan fingerprint density at radius 2 is 1.33 bits per heavy atom. The molecule has 0 atom stereocenters. The van der Waals surface area contributed by atoms with E-state index < -0.39 is 21.4 Å². The molecule has 1 heterocycles. The fraction of sp³-hybridized carbons (Fsp3) is 0.0400. The van der Waals surface area contributed by atoms with E-state index in [-0.39, 0.29) is 0 Å². The topological polar surface area (TPSA) is 48.3 Å². The third-order valence-corrected chi connectivity index (χ3v) is 6.31. The fourth-order valence-corrected chi connectivity index (χ4v) is 4.42. The van der Waals surface area contributed by atoms with Crippen LogP contribution in [-0.4, -0.2) is 18.5 Å². The standard InChI is InChI=1S/C25H16F3NO3S/c26-25(27,28)33(30,31)32-19-15-21(17-9-3-1-4-10-17)24-22(16-19)20-13-7-8-14-23(20)29(24)18-11-5-2-6-12-18/h1-16H. The van der Waals surface area contributed by atoms with Crippen LogP contribution in [0.25, 0.3) is 38.6 Å². The van der Waals surface area contributed by atoms with Crippen LogP contribution in [0.15, 0.2) is 97.1 Å². The summed E-state index contributed by atoms with van der Waals surface area (Å²) in [5.41, 5.74) is -1.88. The average molecular weight is 467 g/mol. The smallest absolute Gasteiger partial charge is 0.376 e. The number of para-hydroxylation sites is 2. The van der Waals surface area contributed by atoms with Crippen molar-refractivity contribution in [3.8, 4) is 22.6 Å². The van der Waals surface area contributed by atoms with E-state index in [2.05, 4.69) is 4.18 Å². The molecule has 4 nitrogen and oxygen atoms in total. The fourth-order valence-electron chi connectivity index (χ4n) is 3.98. The van der Waals surface area contributed by atoms with E-state index in [0.717, 1.165) is 22.1 Å². The van der Waals surface area contributed by atoms with Crippen LogP contribution in [0.5, 0.6) is 5.75 Å². The molecule has 0 bridgehead atoms. The first-order chi connectivity index (χ1) is 15.8. The van der Waals surface area contributed by atoms with Crippen molar-refractivity contribution in [2.45, 2.75) is 5.51 Å². The number of rotatable bonds is 4. The van der Waals surface area contributed by atoms with Crippen LogP contribution < -0.4 is 4.18 Å². The van der Waals surface area contributed by atoms with Gasteiger partial charge in [-0.1, -0.05) is 66.7 Å². The lowest BCUT2D eigenvalue weighted by Gasteiger charge is -2.14. The number of hydrogen-bond donors (Lipinski definition) is 0. The maximum atomic E-state index is 13.0. The van der Waals surface area contributed by atoms with Gasteiger partial charge in [-0.15, -0.1) is 0 Å². The summed E-state index contributed by atoms with van der Waals surface area (Å²) in [4.78, 5) is 0. The summed E-state index contributed by atoms with van der Waals surface area (Å²) < 4.78 is 69.1. The molecule has 5 rings (SSSR count). The van der Waals surface area contributed by atoms with Crippen molar-refractivity contribution in [1.82, 2.24) is 4.57 Å². The minimum Gasteiger partial charge on any atom is -0.376 e. The second kappa shape index (κ2) is 7.67. The number of nitrogens with zero attached hydrogens (tertiary/aromatic N) is 1. The molecular formula is C25H16F3NO3S. The predicted molar refractivity (Wildman–Crippen MR) is 122 cm³/mol. The number of aromatic nitrogens is 1. The first-order valence-corrected chi connectivity index (χ1v) is 11.4. The Balaban J connectivity index is 1.90. The van der Waals surface area contributed by atoms with E-state index in [1.165, 1.54) is 12.1 Å². The largest absolute Gasteiger partial charge is 0.534 e. The van der Waals surface area contributed by atoms with E-state index in [0.29, 0.717) is 16.5 Å². The highest BCUT2D eigenvalue weighted by Gasteiger charge is 2.48. The van der Waals surface area contributed by atoms with Crippen LogP contribution in [0.2, 0.25) is 0 Å². The van der Waals surface area contributed by atoms with Gasteiger partial charge in [0.25, 0.3) is 0 Å². The van der Waals surface area contributed by atoms with Gasteiger partial charge in [-0.3, -0.25) is 0 Å². The van der Waals surface area contributed by atoms with Gasteiger partial charge >= 0.3 is 15.6 Å². The van der Waals surface area contributed by atoms with Crippen LogP contribution in [-0.2, 0) is 10.1 Å². The van der Waals surface area contributed by atoms with Gasteiger partial charge in [0, 0.05) is 22.0 Å². The Labute approximate surface area is 187 Å². The van der Waals surface area contributed by atoms with Crippen molar-refractivity contribution in [1.29, 1.82) is 0 Å². The van der Waals surface area contributed by atoms with Gasteiger partial charge in [-0.25, -0.2) is 0 Å². The first kappa shape index (κ1) is 21.1. The third-order valence-electron chi connectivity index (χ3n) is 5.33. The molecule has 0 aliphatic rings. The third kappa shape index (κ3) is 3.62. The van der Waals surface area contributed by atoms with E-state index in [4.69, 9.17) is 0 Å². The summed E-state index contributed by atoms with van der Waals surface area (Å²) in [6.45, 7) is 0. The van der Waals surface area contributed by atoms with Crippen LogP contribution >= 0.6 is 0 Å². The SMILES string of the molecule is O=S(=O)(Oc1cc(-c2ccccc2)c2c(c1)c1ccccc1n2-c1ccccc1)C(F)(F)F. The van der Waals surface area contributed by atoms with Crippen molar-refractivity contribution in [3.05, 3.63) is 97.1 Å². The van der Waals surface area contributed by atoms with Crippen LogP contribution in [0.1, 0.15) is 0 Å². The summed E-state index contributed by atoms with van der Waals surface area (Å²) in [7, 11) is -5.82. The zero-order chi connectivity index (χ0) is 23.2. The highest BCUT2D eigenvalue weighted by atomic mass is 32.2. The minimum atomic E-state index is -5.82. The predicted octanol–water partition coefficient (Wildman–Crippen LogP) is 6.68. The normalized spacial score (nSPS) is 12.3. The summed E-state index contributed by atoms with van der Waals surface area (Å²) in [5.74, 6) is -0.408. The summed E-state index contributed by atoms with van der Waals surface area (Å²) in [6.07, 6.45) is 0. The molecule has 0 amide bonds. The van der Waals surface area contributed by atoms with Crippen molar-refractivity contribution in [2.24, 2.45) is 0 Å². The molecule has 0 fully saturated rings. The van der Waals surface area contributed by atoms with Crippen molar-refractivity contribution in [3.63, 3.8) is 0 Å². The zero-order valence-electron chi connectivity index (χ0n) is 17.0. The number of halogens is 3. The quantitative estimate of drug-likeness (QED) is 0.219. The van der Waals surface area contributed by atoms with Crippen LogP contribution in [0, 0.1) is 0 Å². The molecule has 8 heteroatoms. The molecule has 0 saturated heterocycles. The van der Waals surface area contributed by atoms with E-state index in [1.54, 1.807) is 12.1 Å². The molecule has 0 radical (unpaired) electrons. The summed E-state index contributed by atoms with van der Waals surface area (Å²) in [6, 6.07) is 28.7. The monoisotopic (exact) mass is 467 g/mol. The number of alkyl halides is 3. The Kier molecular flexibility index (Phi) is 4.90. The van der Waals surface area contributed by atoms with E-state index in [9.17, 15) is 21.6 Å². The Bertz CT molecular complexity index is 1580. The summed E-state index contributed by atoms with van der Waals surface area (Å²) in [5, 5.41) is 1.33.